The molecule has 2 fully saturated rings. The summed E-state index contributed by atoms with van der Waals surface area (Å²) in [5, 5.41) is 3.81. The van der Waals surface area contributed by atoms with Gasteiger partial charge in [0.05, 0.1) is 12.2 Å². The molecule has 2 aromatic heterocycles. The van der Waals surface area contributed by atoms with E-state index in [9.17, 15) is 9.59 Å². The Morgan fingerprint density at radius 2 is 1.66 bits per heavy atom. The first-order valence-electron chi connectivity index (χ1n) is 12.3. The molecule has 7 nitrogen and oxygen atoms in total. The fourth-order valence-electron chi connectivity index (χ4n) is 5.28. The first-order valence-corrected chi connectivity index (χ1v) is 13.0. The fourth-order valence-corrected chi connectivity index (χ4v) is 5.79. The van der Waals surface area contributed by atoms with Crippen LogP contribution >= 0.6 is 23.2 Å². The van der Waals surface area contributed by atoms with Gasteiger partial charge in [-0.1, -0.05) is 72.8 Å². The molecule has 1 aliphatic heterocycles. The number of benzene rings is 1. The molecule has 1 aliphatic carbocycles. The van der Waals surface area contributed by atoms with Gasteiger partial charge in [0, 0.05) is 37.8 Å². The van der Waals surface area contributed by atoms with Crippen LogP contribution in [0.25, 0.3) is 11.3 Å². The van der Waals surface area contributed by atoms with Gasteiger partial charge in [-0.15, -0.1) is 0 Å². The van der Waals surface area contributed by atoms with E-state index in [1.165, 1.54) is 6.42 Å². The van der Waals surface area contributed by atoms with Crippen LogP contribution in [0.1, 0.15) is 54.2 Å². The highest BCUT2D eigenvalue weighted by molar-refractivity contribution is 6.32. The molecule has 2 aliphatic rings. The number of hydrogen-bond acceptors (Lipinski definition) is 4. The highest BCUT2D eigenvalue weighted by Gasteiger charge is 2.33. The van der Waals surface area contributed by atoms with Gasteiger partial charge in [-0.2, -0.15) is 0 Å². The van der Waals surface area contributed by atoms with E-state index < -0.39 is 0 Å². The largest absolute Gasteiger partial charge is 0.335 e. The topological polar surface area (TPSA) is 72.2 Å². The average molecular weight is 514 g/mol. The zero-order valence-electron chi connectivity index (χ0n) is 19.6. The summed E-state index contributed by atoms with van der Waals surface area (Å²) in [5.74, 6) is -0.122. The predicted octanol–water partition coefficient (Wildman–Crippen LogP) is 4.62. The number of carbonyl (C=O) groups excluding carboxylic acids is 1. The highest BCUT2D eigenvalue weighted by atomic mass is 35.5. The van der Waals surface area contributed by atoms with E-state index in [0.29, 0.717) is 24.5 Å². The molecule has 0 atom stereocenters. The van der Waals surface area contributed by atoms with Gasteiger partial charge in [0.15, 0.2) is 0 Å². The number of halogens is 2. The summed E-state index contributed by atoms with van der Waals surface area (Å²) in [6.45, 7) is 2.85. The molecule has 1 N–H and O–H groups in total. The molecule has 5 rings (SSSR count). The van der Waals surface area contributed by atoms with E-state index in [-0.39, 0.29) is 34.5 Å². The zero-order chi connectivity index (χ0) is 24.4. The number of nitrogens with one attached hydrogen (secondary N) is 1. The quantitative estimate of drug-likeness (QED) is 0.505. The van der Waals surface area contributed by atoms with Crippen LogP contribution in [0.4, 0.5) is 0 Å². The first kappa shape index (κ1) is 24.1. The van der Waals surface area contributed by atoms with Crippen molar-refractivity contribution in [3.05, 3.63) is 74.5 Å². The van der Waals surface area contributed by atoms with E-state index in [1.807, 2.05) is 39.8 Å². The van der Waals surface area contributed by atoms with Crippen LogP contribution in [0.5, 0.6) is 0 Å². The number of pyridine rings is 1. The molecule has 3 aromatic rings. The number of imidazole rings is 1. The van der Waals surface area contributed by atoms with Crippen molar-refractivity contribution in [1.29, 1.82) is 0 Å². The van der Waals surface area contributed by atoms with Crippen molar-refractivity contribution in [2.75, 3.05) is 26.2 Å². The zero-order valence-corrected chi connectivity index (χ0v) is 21.1. The van der Waals surface area contributed by atoms with Gasteiger partial charge in [-0.05, 0) is 30.5 Å². The summed E-state index contributed by atoms with van der Waals surface area (Å²) in [4.78, 5) is 34.0. The second-order valence-corrected chi connectivity index (χ2v) is 10.0. The lowest BCUT2D eigenvalue weighted by Gasteiger charge is -2.28. The summed E-state index contributed by atoms with van der Waals surface area (Å²) >= 11 is 12.3. The molecule has 1 aromatic carbocycles. The highest BCUT2D eigenvalue weighted by Crippen LogP contribution is 2.34. The smallest absolute Gasteiger partial charge is 0.329 e. The van der Waals surface area contributed by atoms with Crippen molar-refractivity contribution in [3.8, 4) is 11.3 Å². The van der Waals surface area contributed by atoms with Crippen LogP contribution in [-0.4, -0.2) is 51.1 Å². The van der Waals surface area contributed by atoms with Gasteiger partial charge in [0.25, 0.3) is 5.91 Å². The molecule has 184 valence electrons. The van der Waals surface area contributed by atoms with Crippen LogP contribution < -0.4 is 11.0 Å². The predicted molar refractivity (Wildman–Crippen MR) is 138 cm³/mol. The van der Waals surface area contributed by atoms with Gasteiger partial charge in [-0.25, -0.2) is 9.78 Å². The monoisotopic (exact) mass is 513 g/mol. The van der Waals surface area contributed by atoms with Crippen molar-refractivity contribution < 1.29 is 4.79 Å². The maximum atomic E-state index is 14.1. The third-order valence-electron chi connectivity index (χ3n) is 6.93. The average Bonchev–Trinajstić information content (AvgIpc) is 3.16. The number of carbonyl (C=O) groups is 1. The molecule has 0 unspecified atom stereocenters. The Kier molecular flexibility index (Phi) is 7.27. The normalized spacial score (nSPS) is 17.0. The lowest BCUT2D eigenvalue weighted by Crippen LogP contribution is -2.47. The number of rotatable bonds is 5. The standard InChI is InChI=1S/C26H29Cl2N5O2/c27-21-15-18(16-22(28)30-21)17-32-24(25(34)31-13-11-29-12-14-31)23(19-7-3-1-4-8-19)33(26(32)35)20-9-5-2-6-10-20/h1,3-4,7-8,15-16,20,29H,2,5-6,9-14,17H2. The van der Waals surface area contributed by atoms with E-state index in [1.54, 1.807) is 16.7 Å². The minimum absolute atomic E-state index is 0.0619. The molecule has 9 heteroatoms. The summed E-state index contributed by atoms with van der Waals surface area (Å²) in [6.07, 6.45) is 5.18. The summed E-state index contributed by atoms with van der Waals surface area (Å²) < 4.78 is 3.50. The summed E-state index contributed by atoms with van der Waals surface area (Å²) in [6, 6.07) is 13.3. The Morgan fingerprint density at radius 1 is 1.00 bits per heavy atom. The third-order valence-corrected chi connectivity index (χ3v) is 7.32. The van der Waals surface area contributed by atoms with Gasteiger partial charge in [0.2, 0.25) is 0 Å². The van der Waals surface area contributed by atoms with Crippen molar-refractivity contribution in [1.82, 2.24) is 24.3 Å². The van der Waals surface area contributed by atoms with Crippen LogP contribution in [0, 0.1) is 0 Å². The molecule has 0 bridgehead atoms. The second-order valence-electron chi connectivity index (χ2n) is 9.26. The Labute approximate surface area is 214 Å². The van der Waals surface area contributed by atoms with Gasteiger partial charge < -0.3 is 10.2 Å². The van der Waals surface area contributed by atoms with Gasteiger partial charge in [-0.3, -0.25) is 13.9 Å². The second kappa shape index (κ2) is 10.6. The van der Waals surface area contributed by atoms with E-state index in [2.05, 4.69) is 10.3 Å². The van der Waals surface area contributed by atoms with Crippen LogP contribution in [0.2, 0.25) is 10.3 Å². The first-order chi connectivity index (χ1) is 17.0. The Morgan fingerprint density at radius 3 is 2.31 bits per heavy atom. The van der Waals surface area contributed by atoms with Crippen LogP contribution in [0.15, 0.2) is 47.3 Å². The lowest BCUT2D eigenvalue weighted by molar-refractivity contribution is 0.0725. The molecule has 1 saturated carbocycles. The van der Waals surface area contributed by atoms with Crippen LogP contribution in [-0.2, 0) is 6.54 Å². The molecule has 35 heavy (non-hydrogen) atoms. The molecule has 1 saturated heterocycles. The van der Waals surface area contributed by atoms with Gasteiger partial charge >= 0.3 is 5.69 Å². The van der Waals surface area contributed by atoms with Crippen molar-refractivity contribution >= 4 is 29.1 Å². The Hall–Kier alpha value is -2.61. The van der Waals surface area contributed by atoms with Crippen molar-refractivity contribution in [3.63, 3.8) is 0 Å². The lowest BCUT2D eigenvalue weighted by atomic mass is 9.94. The molecule has 0 radical (unpaired) electrons. The number of aromatic nitrogens is 3. The van der Waals surface area contributed by atoms with E-state index in [4.69, 9.17) is 23.2 Å². The Balaban J connectivity index is 1.73. The third kappa shape index (κ3) is 5.03. The van der Waals surface area contributed by atoms with Crippen molar-refractivity contribution in [2.45, 2.75) is 44.7 Å². The number of piperazine rings is 1. The molecular formula is C26H29Cl2N5O2. The number of nitrogens with zero attached hydrogens (tertiary/aromatic N) is 4. The fraction of sp³-hybridized carbons (Fsp3) is 0.423. The maximum Gasteiger partial charge on any atom is 0.329 e. The summed E-state index contributed by atoms with van der Waals surface area (Å²) in [5.41, 5.74) is 2.57. The van der Waals surface area contributed by atoms with Gasteiger partial charge in [0.1, 0.15) is 16.0 Å². The molecule has 0 spiro atoms. The minimum Gasteiger partial charge on any atom is -0.335 e. The number of hydrogen-bond donors (Lipinski definition) is 1. The maximum absolute atomic E-state index is 14.1. The van der Waals surface area contributed by atoms with E-state index >= 15 is 0 Å². The molecule has 1 amide bonds. The minimum atomic E-state index is -0.168. The number of amides is 1. The van der Waals surface area contributed by atoms with Crippen LogP contribution in [0.3, 0.4) is 0 Å². The molecule has 3 heterocycles. The van der Waals surface area contributed by atoms with Crippen molar-refractivity contribution in [2.24, 2.45) is 0 Å². The molecular weight excluding hydrogens is 485 g/mol. The SMILES string of the molecule is O=C(c1c(-c2ccccc2)n(C2CCCCC2)c(=O)n1Cc1cc(Cl)nc(Cl)c1)N1CCNCC1. The van der Waals surface area contributed by atoms with E-state index in [0.717, 1.165) is 49.9 Å². The Bertz CT molecular complexity index is 1240. The summed E-state index contributed by atoms with van der Waals surface area (Å²) in [7, 11) is 0.